The van der Waals surface area contributed by atoms with Crippen LogP contribution in [-0.2, 0) is 6.42 Å². The zero-order chi connectivity index (χ0) is 21.2. The van der Waals surface area contributed by atoms with Crippen LogP contribution in [0.1, 0.15) is 62.3 Å². The van der Waals surface area contributed by atoms with E-state index in [0.29, 0.717) is 5.95 Å². The molecule has 0 amide bonds. The summed E-state index contributed by atoms with van der Waals surface area (Å²) >= 11 is 0. The monoisotopic (exact) mass is 411 g/mol. The quantitative estimate of drug-likeness (QED) is 0.533. The van der Waals surface area contributed by atoms with Gasteiger partial charge < -0.3 is 15.8 Å². The summed E-state index contributed by atoms with van der Waals surface area (Å²) < 4.78 is 6.05. The highest BCUT2D eigenvalue weighted by atomic mass is 16.5. The van der Waals surface area contributed by atoms with Crippen molar-refractivity contribution in [1.82, 2.24) is 14.9 Å². The Kier molecular flexibility index (Phi) is 8.75. The van der Waals surface area contributed by atoms with Gasteiger partial charge in [0.25, 0.3) is 0 Å². The smallest absolute Gasteiger partial charge is 0.222 e. The van der Waals surface area contributed by atoms with Crippen LogP contribution in [0.3, 0.4) is 0 Å². The molecule has 2 heterocycles. The molecule has 0 aliphatic carbocycles. The summed E-state index contributed by atoms with van der Waals surface area (Å²) in [5, 5.41) is 3.47. The Morgan fingerprint density at radius 1 is 1.13 bits per heavy atom. The fourth-order valence-electron chi connectivity index (χ4n) is 3.98. The van der Waals surface area contributed by atoms with Crippen LogP contribution in [0.25, 0.3) is 0 Å². The lowest BCUT2D eigenvalue weighted by Gasteiger charge is -2.26. The zero-order valence-electron chi connectivity index (χ0n) is 18.6. The summed E-state index contributed by atoms with van der Waals surface area (Å²) in [6, 6.07) is 8.37. The summed E-state index contributed by atoms with van der Waals surface area (Å²) in [6.07, 6.45) is 8.28. The van der Waals surface area contributed by atoms with Gasteiger partial charge in [-0.3, -0.25) is 4.90 Å². The second-order valence-electron chi connectivity index (χ2n) is 8.20. The first kappa shape index (κ1) is 22.3. The van der Waals surface area contributed by atoms with Crippen molar-refractivity contribution in [1.29, 1.82) is 0 Å². The van der Waals surface area contributed by atoms with Crippen molar-refractivity contribution < 1.29 is 4.74 Å². The summed E-state index contributed by atoms with van der Waals surface area (Å²) in [6.45, 7) is 9.25. The van der Waals surface area contributed by atoms with Gasteiger partial charge in [-0.05, 0) is 57.0 Å². The molecule has 0 atom stereocenters. The predicted molar refractivity (Wildman–Crippen MR) is 124 cm³/mol. The molecule has 0 spiro atoms. The maximum Gasteiger partial charge on any atom is 0.222 e. The van der Waals surface area contributed by atoms with Gasteiger partial charge in [0.15, 0.2) is 0 Å². The van der Waals surface area contributed by atoms with Crippen LogP contribution in [-0.4, -0.2) is 47.7 Å². The molecular formula is C24H37N5O. The lowest BCUT2D eigenvalue weighted by Crippen LogP contribution is -2.33. The average molecular weight is 412 g/mol. The van der Waals surface area contributed by atoms with E-state index in [0.717, 1.165) is 55.4 Å². The molecule has 1 aromatic heterocycles. The molecule has 3 N–H and O–H groups in total. The summed E-state index contributed by atoms with van der Waals surface area (Å²) in [4.78, 5) is 11.4. The van der Waals surface area contributed by atoms with Crippen LogP contribution in [0.2, 0.25) is 0 Å². The van der Waals surface area contributed by atoms with E-state index >= 15 is 0 Å². The van der Waals surface area contributed by atoms with Crippen LogP contribution in [0.4, 0.5) is 11.8 Å². The third-order valence-corrected chi connectivity index (χ3v) is 5.71. The highest BCUT2D eigenvalue weighted by Gasteiger charge is 2.13. The fourth-order valence-corrected chi connectivity index (χ4v) is 3.98. The third-order valence-electron chi connectivity index (χ3n) is 5.71. The van der Waals surface area contributed by atoms with E-state index in [2.05, 4.69) is 45.3 Å². The summed E-state index contributed by atoms with van der Waals surface area (Å²) in [5.74, 6) is 2.10. The first-order chi connectivity index (χ1) is 14.7. The van der Waals surface area contributed by atoms with Gasteiger partial charge in [0.05, 0.1) is 0 Å². The number of piperidine rings is 1. The third kappa shape index (κ3) is 6.87. The number of hydrogen-bond donors (Lipinski definition) is 2. The van der Waals surface area contributed by atoms with Gasteiger partial charge in [-0.15, -0.1) is 0 Å². The lowest BCUT2D eigenvalue weighted by atomic mass is 10.0. The number of aryl methyl sites for hydroxylation is 1. The Hall–Kier alpha value is -2.34. The number of hydrogen-bond acceptors (Lipinski definition) is 6. The Bertz CT molecular complexity index is 789. The second kappa shape index (κ2) is 11.7. The maximum absolute atomic E-state index is 6.05. The first-order valence-electron chi connectivity index (χ1n) is 11.5. The van der Waals surface area contributed by atoms with Crippen LogP contribution < -0.4 is 15.8 Å². The van der Waals surface area contributed by atoms with Crippen molar-refractivity contribution >= 4 is 11.8 Å². The fraction of sp³-hybridized carbons (Fsp3) is 0.583. The van der Waals surface area contributed by atoms with Gasteiger partial charge in [-0.1, -0.05) is 38.3 Å². The number of nitrogens with one attached hydrogen (secondary N) is 1. The average Bonchev–Trinajstić information content (AvgIpc) is 2.74. The van der Waals surface area contributed by atoms with Crippen molar-refractivity contribution in [2.45, 2.75) is 58.8 Å². The van der Waals surface area contributed by atoms with Crippen molar-refractivity contribution in [3.8, 4) is 5.75 Å². The van der Waals surface area contributed by atoms with E-state index in [1.54, 1.807) is 0 Å². The first-order valence-corrected chi connectivity index (χ1v) is 11.5. The molecule has 1 aromatic carbocycles. The number of aromatic nitrogens is 2. The van der Waals surface area contributed by atoms with E-state index < -0.39 is 0 Å². The van der Waals surface area contributed by atoms with Gasteiger partial charge in [-0.25, -0.2) is 4.98 Å². The normalized spacial score (nSPS) is 14.6. The molecule has 6 nitrogen and oxygen atoms in total. The molecule has 1 fully saturated rings. The molecule has 2 aromatic rings. The molecule has 0 saturated carbocycles. The number of unbranched alkanes of at least 4 members (excludes halogenated alkanes) is 2. The zero-order valence-corrected chi connectivity index (χ0v) is 18.6. The van der Waals surface area contributed by atoms with Crippen molar-refractivity contribution in [2.75, 3.05) is 43.8 Å². The summed E-state index contributed by atoms with van der Waals surface area (Å²) in [5.41, 5.74) is 9.13. The number of ether oxygens (including phenoxy) is 1. The minimum Gasteiger partial charge on any atom is -0.492 e. The largest absolute Gasteiger partial charge is 0.492 e. The molecular weight excluding hydrogens is 374 g/mol. The molecule has 30 heavy (non-hydrogen) atoms. The molecule has 0 bridgehead atoms. The topological polar surface area (TPSA) is 76.3 Å². The molecule has 6 heteroatoms. The Labute approximate surface area is 181 Å². The molecule has 1 aliphatic rings. The summed E-state index contributed by atoms with van der Waals surface area (Å²) in [7, 11) is 0. The highest BCUT2D eigenvalue weighted by Crippen LogP contribution is 2.23. The Balaban J connectivity index is 1.61. The van der Waals surface area contributed by atoms with Gasteiger partial charge in [0, 0.05) is 30.8 Å². The Morgan fingerprint density at radius 3 is 2.77 bits per heavy atom. The van der Waals surface area contributed by atoms with Gasteiger partial charge in [0.1, 0.15) is 18.2 Å². The van der Waals surface area contributed by atoms with E-state index in [-0.39, 0.29) is 0 Å². The van der Waals surface area contributed by atoms with Crippen LogP contribution in [0.15, 0.2) is 24.3 Å². The standard InChI is InChI=1S/C24H37N5O/c1-3-4-6-12-26-23-22(19(2)27-24(25)28-23)18-20-10-9-11-21(17-20)30-16-15-29-13-7-5-8-14-29/h9-11,17H,3-8,12-16,18H2,1-2H3,(H3,25,26,27,28). The van der Waals surface area contributed by atoms with Gasteiger partial charge >= 0.3 is 0 Å². The van der Waals surface area contributed by atoms with E-state index in [4.69, 9.17) is 10.5 Å². The highest BCUT2D eigenvalue weighted by molar-refractivity contribution is 5.51. The van der Waals surface area contributed by atoms with Crippen LogP contribution >= 0.6 is 0 Å². The number of nitrogen functional groups attached to an aromatic ring is 1. The molecule has 0 radical (unpaired) electrons. The minimum atomic E-state index is 0.323. The molecule has 1 saturated heterocycles. The maximum atomic E-state index is 6.05. The lowest BCUT2D eigenvalue weighted by molar-refractivity contribution is 0.183. The van der Waals surface area contributed by atoms with E-state index in [1.165, 1.54) is 50.8 Å². The van der Waals surface area contributed by atoms with Crippen molar-refractivity contribution in [3.63, 3.8) is 0 Å². The van der Waals surface area contributed by atoms with Crippen LogP contribution in [0, 0.1) is 6.92 Å². The van der Waals surface area contributed by atoms with Gasteiger partial charge in [0.2, 0.25) is 5.95 Å². The molecule has 3 rings (SSSR count). The van der Waals surface area contributed by atoms with Crippen LogP contribution in [0.5, 0.6) is 5.75 Å². The number of likely N-dealkylation sites (tertiary alicyclic amines) is 1. The number of anilines is 2. The predicted octanol–water partition coefficient (Wildman–Crippen LogP) is 4.42. The Morgan fingerprint density at radius 2 is 1.97 bits per heavy atom. The van der Waals surface area contributed by atoms with E-state index in [1.807, 2.05) is 13.0 Å². The van der Waals surface area contributed by atoms with Crippen molar-refractivity contribution in [2.24, 2.45) is 0 Å². The number of nitrogens with zero attached hydrogens (tertiary/aromatic N) is 3. The van der Waals surface area contributed by atoms with Gasteiger partial charge in [-0.2, -0.15) is 4.98 Å². The molecule has 164 valence electrons. The SMILES string of the molecule is CCCCCNc1nc(N)nc(C)c1Cc1cccc(OCCN2CCCCC2)c1. The number of benzene rings is 1. The molecule has 1 aliphatic heterocycles. The molecule has 0 unspecified atom stereocenters. The number of rotatable bonds is 11. The second-order valence-corrected chi connectivity index (χ2v) is 8.20. The minimum absolute atomic E-state index is 0.323. The van der Waals surface area contributed by atoms with E-state index in [9.17, 15) is 0 Å². The number of nitrogens with two attached hydrogens (primary N) is 1. The van der Waals surface area contributed by atoms with Crippen molar-refractivity contribution in [3.05, 3.63) is 41.1 Å².